The normalized spacial score (nSPS) is 15.4. The Bertz CT molecular complexity index is 489. The Labute approximate surface area is 120 Å². The predicted molar refractivity (Wildman–Crippen MR) is 77.7 cm³/mol. The van der Waals surface area contributed by atoms with Crippen molar-refractivity contribution in [2.75, 3.05) is 6.54 Å². The van der Waals surface area contributed by atoms with Crippen molar-refractivity contribution in [1.82, 2.24) is 9.88 Å². The van der Waals surface area contributed by atoms with Gasteiger partial charge in [0.1, 0.15) is 5.15 Å². The Balaban J connectivity index is 2.33. The van der Waals surface area contributed by atoms with E-state index >= 15 is 0 Å². The fourth-order valence-electron chi connectivity index (χ4n) is 2.12. The highest BCUT2D eigenvalue weighted by Crippen LogP contribution is 2.29. The fourth-order valence-corrected chi connectivity index (χ4v) is 2.33. The van der Waals surface area contributed by atoms with Crippen LogP contribution < -0.4 is 0 Å². The third-order valence-corrected chi connectivity index (χ3v) is 3.59. The number of pyridine rings is 1. The monoisotopic (exact) mass is 280 g/mol. The summed E-state index contributed by atoms with van der Waals surface area (Å²) >= 11 is 6.06. The molecule has 0 N–H and O–H groups in total. The number of halogens is 1. The maximum atomic E-state index is 12.5. The Morgan fingerprint density at radius 1 is 1.42 bits per heavy atom. The van der Waals surface area contributed by atoms with E-state index in [1.807, 2.05) is 17.9 Å². The van der Waals surface area contributed by atoms with Crippen molar-refractivity contribution < 1.29 is 4.79 Å². The maximum absolute atomic E-state index is 12.5. The maximum Gasteiger partial charge on any atom is 0.254 e. The van der Waals surface area contributed by atoms with Gasteiger partial charge in [-0.3, -0.25) is 4.79 Å². The van der Waals surface area contributed by atoms with Crippen molar-refractivity contribution in [2.24, 2.45) is 0 Å². The van der Waals surface area contributed by atoms with Gasteiger partial charge in [0.2, 0.25) is 0 Å². The molecule has 1 fully saturated rings. The van der Waals surface area contributed by atoms with Crippen LogP contribution in [0.3, 0.4) is 0 Å². The molecule has 1 aliphatic rings. The van der Waals surface area contributed by atoms with Crippen molar-refractivity contribution in [3.63, 3.8) is 0 Å². The van der Waals surface area contributed by atoms with Gasteiger partial charge in [0, 0.05) is 29.3 Å². The zero-order valence-electron chi connectivity index (χ0n) is 12.0. The van der Waals surface area contributed by atoms with E-state index in [-0.39, 0.29) is 11.3 Å². The first-order chi connectivity index (χ1) is 8.82. The van der Waals surface area contributed by atoms with Crippen LogP contribution in [0.2, 0.25) is 5.15 Å². The van der Waals surface area contributed by atoms with Crippen molar-refractivity contribution in [3.8, 4) is 0 Å². The molecule has 0 aliphatic heterocycles. The fraction of sp³-hybridized carbons (Fsp3) is 0.600. The number of amides is 1. The second-order valence-corrected chi connectivity index (χ2v) is 6.52. The van der Waals surface area contributed by atoms with E-state index in [9.17, 15) is 4.79 Å². The molecule has 1 saturated carbocycles. The molecule has 0 radical (unpaired) electrons. The highest BCUT2D eigenvalue weighted by atomic mass is 35.5. The molecule has 19 heavy (non-hydrogen) atoms. The molecule has 0 atom stereocenters. The van der Waals surface area contributed by atoms with Gasteiger partial charge in [0.15, 0.2) is 0 Å². The molecule has 3 nitrogen and oxygen atoms in total. The highest BCUT2D eigenvalue weighted by Gasteiger charge is 2.32. The zero-order chi connectivity index (χ0) is 14.2. The zero-order valence-corrected chi connectivity index (χ0v) is 12.8. The molecule has 0 saturated heterocycles. The van der Waals surface area contributed by atoms with Gasteiger partial charge in [-0.05, 0) is 31.9 Å². The smallest absolute Gasteiger partial charge is 0.254 e. The number of aromatic nitrogens is 1. The molecular weight excluding hydrogens is 260 g/mol. The average Bonchev–Trinajstić information content (AvgIpc) is 3.12. The van der Waals surface area contributed by atoms with Crippen LogP contribution in [0.15, 0.2) is 12.1 Å². The van der Waals surface area contributed by atoms with Crippen molar-refractivity contribution in [3.05, 3.63) is 28.5 Å². The number of carbonyl (C=O) groups excluding carboxylic acids is 1. The summed E-state index contributed by atoms with van der Waals surface area (Å²) in [5.41, 5.74) is 1.39. The van der Waals surface area contributed by atoms with E-state index in [1.165, 1.54) is 0 Å². The molecule has 1 heterocycles. The summed E-state index contributed by atoms with van der Waals surface area (Å²) in [5.74, 6) is 0.0693. The van der Waals surface area contributed by atoms with E-state index in [0.29, 0.717) is 16.8 Å². The van der Waals surface area contributed by atoms with Crippen LogP contribution in [0.25, 0.3) is 0 Å². The lowest BCUT2D eigenvalue weighted by atomic mass is 9.91. The summed E-state index contributed by atoms with van der Waals surface area (Å²) in [6.45, 7) is 8.97. The van der Waals surface area contributed by atoms with Crippen LogP contribution in [0.4, 0.5) is 0 Å². The lowest BCUT2D eigenvalue weighted by molar-refractivity contribution is 0.0752. The SMILES string of the molecule is CCN(C(=O)c1cc(Cl)nc(C(C)(C)C)c1)C1CC1. The van der Waals surface area contributed by atoms with Crippen LogP contribution in [-0.4, -0.2) is 28.4 Å². The molecule has 1 aromatic rings. The average molecular weight is 281 g/mol. The molecular formula is C15H21ClN2O. The summed E-state index contributed by atoms with van der Waals surface area (Å²) in [5, 5.41) is 0.391. The summed E-state index contributed by atoms with van der Waals surface area (Å²) in [6.07, 6.45) is 2.23. The van der Waals surface area contributed by atoms with Gasteiger partial charge in [-0.25, -0.2) is 4.98 Å². The largest absolute Gasteiger partial charge is 0.336 e. The van der Waals surface area contributed by atoms with Crippen molar-refractivity contribution in [2.45, 2.75) is 52.0 Å². The summed E-state index contributed by atoms with van der Waals surface area (Å²) in [7, 11) is 0. The molecule has 2 rings (SSSR count). The second kappa shape index (κ2) is 5.12. The van der Waals surface area contributed by atoms with Crippen LogP contribution in [-0.2, 0) is 5.41 Å². The van der Waals surface area contributed by atoms with Gasteiger partial charge in [-0.15, -0.1) is 0 Å². The van der Waals surface area contributed by atoms with Crippen LogP contribution >= 0.6 is 11.6 Å². The van der Waals surface area contributed by atoms with Crippen LogP contribution in [0, 0.1) is 0 Å². The van der Waals surface area contributed by atoms with Crippen molar-refractivity contribution in [1.29, 1.82) is 0 Å². The van der Waals surface area contributed by atoms with E-state index in [1.54, 1.807) is 6.07 Å². The Kier molecular flexibility index (Phi) is 3.86. The second-order valence-electron chi connectivity index (χ2n) is 6.14. The topological polar surface area (TPSA) is 33.2 Å². The molecule has 104 valence electrons. The van der Waals surface area contributed by atoms with E-state index in [4.69, 9.17) is 11.6 Å². The van der Waals surface area contributed by atoms with E-state index in [0.717, 1.165) is 25.1 Å². The number of nitrogens with zero attached hydrogens (tertiary/aromatic N) is 2. The number of hydrogen-bond donors (Lipinski definition) is 0. The number of carbonyl (C=O) groups is 1. The summed E-state index contributed by atoms with van der Waals surface area (Å²) < 4.78 is 0. The van der Waals surface area contributed by atoms with Gasteiger partial charge >= 0.3 is 0 Å². The number of rotatable bonds is 3. The highest BCUT2D eigenvalue weighted by molar-refractivity contribution is 6.29. The molecule has 0 bridgehead atoms. The summed E-state index contributed by atoms with van der Waals surface area (Å²) in [4.78, 5) is 18.8. The first-order valence-corrected chi connectivity index (χ1v) is 7.19. The van der Waals surface area contributed by atoms with Gasteiger partial charge < -0.3 is 4.90 Å². The Hall–Kier alpha value is -1.09. The summed E-state index contributed by atoms with van der Waals surface area (Å²) in [6, 6.07) is 3.96. The van der Waals surface area contributed by atoms with E-state index < -0.39 is 0 Å². The molecule has 1 aliphatic carbocycles. The minimum absolute atomic E-state index is 0.0693. The molecule has 0 unspecified atom stereocenters. The first kappa shape index (κ1) is 14.3. The van der Waals surface area contributed by atoms with Crippen LogP contribution in [0.1, 0.15) is 56.6 Å². The molecule has 4 heteroatoms. The van der Waals surface area contributed by atoms with Gasteiger partial charge in [0.05, 0.1) is 0 Å². The number of hydrogen-bond acceptors (Lipinski definition) is 2. The quantitative estimate of drug-likeness (QED) is 0.792. The lowest BCUT2D eigenvalue weighted by Crippen LogP contribution is -2.33. The van der Waals surface area contributed by atoms with Gasteiger partial charge in [-0.2, -0.15) is 0 Å². The Morgan fingerprint density at radius 3 is 2.53 bits per heavy atom. The predicted octanol–water partition coefficient (Wildman–Crippen LogP) is 3.66. The lowest BCUT2D eigenvalue weighted by Gasteiger charge is -2.23. The third-order valence-electron chi connectivity index (χ3n) is 3.40. The molecule has 1 amide bonds. The third kappa shape index (κ3) is 3.27. The first-order valence-electron chi connectivity index (χ1n) is 6.82. The Morgan fingerprint density at radius 2 is 2.05 bits per heavy atom. The van der Waals surface area contributed by atoms with Crippen LogP contribution in [0.5, 0.6) is 0 Å². The minimum Gasteiger partial charge on any atom is -0.336 e. The van der Waals surface area contributed by atoms with Crippen molar-refractivity contribution >= 4 is 17.5 Å². The minimum atomic E-state index is -0.115. The standard InChI is InChI=1S/C15H21ClN2O/c1-5-18(11-6-7-11)14(19)10-8-12(15(2,3)4)17-13(16)9-10/h8-9,11H,5-7H2,1-4H3. The van der Waals surface area contributed by atoms with Gasteiger partial charge in [0.25, 0.3) is 5.91 Å². The van der Waals surface area contributed by atoms with E-state index in [2.05, 4.69) is 25.8 Å². The molecule has 1 aromatic heterocycles. The molecule has 0 aromatic carbocycles. The van der Waals surface area contributed by atoms with Gasteiger partial charge in [-0.1, -0.05) is 32.4 Å². The molecule has 0 spiro atoms.